The molecule has 1 fully saturated rings. The number of hydrogen-bond acceptors (Lipinski definition) is 2. The molecule has 0 bridgehead atoms. The van der Waals surface area contributed by atoms with Crippen LogP contribution in [0.2, 0.25) is 0 Å². The summed E-state index contributed by atoms with van der Waals surface area (Å²) in [5, 5.41) is 0. The smallest absolute Gasteiger partial charge is 0.158 e. The van der Waals surface area contributed by atoms with Crippen molar-refractivity contribution in [2.75, 3.05) is 6.61 Å². The summed E-state index contributed by atoms with van der Waals surface area (Å²) in [6, 6.07) is 0. The van der Waals surface area contributed by atoms with Gasteiger partial charge in [-0.15, -0.1) is 0 Å². The Labute approximate surface area is 103 Å². The molecule has 0 radical (unpaired) electrons. The summed E-state index contributed by atoms with van der Waals surface area (Å²) in [4.78, 5) is 11.8. The quantitative estimate of drug-likeness (QED) is 0.683. The molecule has 0 aromatic rings. The van der Waals surface area contributed by atoms with Gasteiger partial charge in [-0.3, -0.25) is 4.79 Å². The first-order valence-electron chi connectivity index (χ1n) is 6.15. The van der Waals surface area contributed by atoms with Gasteiger partial charge in [0.2, 0.25) is 0 Å². The molecule has 0 aromatic heterocycles. The molecule has 0 aromatic carbocycles. The third kappa shape index (κ3) is 2.02. The average molecular weight is 232 g/mol. The Balaban J connectivity index is 2.43. The first-order chi connectivity index (χ1) is 7.98. The van der Waals surface area contributed by atoms with Gasteiger partial charge in [-0.05, 0) is 37.5 Å². The maximum absolute atomic E-state index is 11.8. The van der Waals surface area contributed by atoms with Crippen LogP contribution in [-0.4, -0.2) is 18.5 Å². The number of fused-ring (bicyclic) bond motifs is 1. The number of ether oxygens (including phenoxy) is 1. The molecule has 0 saturated carbocycles. The van der Waals surface area contributed by atoms with E-state index in [2.05, 4.69) is 19.6 Å². The van der Waals surface area contributed by atoms with Crippen LogP contribution in [0.3, 0.4) is 0 Å². The Morgan fingerprint density at radius 1 is 1.59 bits per heavy atom. The molecule has 2 rings (SSSR count). The predicted molar refractivity (Wildman–Crippen MR) is 68.7 cm³/mol. The molecular formula is C15H20O2. The van der Waals surface area contributed by atoms with Gasteiger partial charge in [-0.1, -0.05) is 25.2 Å². The topological polar surface area (TPSA) is 26.3 Å². The zero-order valence-corrected chi connectivity index (χ0v) is 10.9. The van der Waals surface area contributed by atoms with Crippen molar-refractivity contribution in [1.29, 1.82) is 0 Å². The van der Waals surface area contributed by atoms with E-state index in [-0.39, 0.29) is 17.3 Å². The molecule has 1 aliphatic carbocycles. The van der Waals surface area contributed by atoms with Crippen LogP contribution in [-0.2, 0) is 9.53 Å². The molecule has 1 saturated heterocycles. The standard InChI is InChI=1S/C15H20O2/c1-5-10(2)8-13-14-11(3)12(16)6-7-15(14,4)9-17-13/h5,8,13H,1,6-7,9H2,2-4H3/b10-8+. The number of ketones is 1. The van der Waals surface area contributed by atoms with Gasteiger partial charge in [-0.25, -0.2) is 0 Å². The van der Waals surface area contributed by atoms with Crippen LogP contribution in [0.1, 0.15) is 33.6 Å². The number of hydrogen-bond donors (Lipinski definition) is 0. The molecule has 2 nitrogen and oxygen atoms in total. The van der Waals surface area contributed by atoms with Crippen LogP contribution >= 0.6 is 0 Å². The summed E-state index contributed by atoms with van der Waals surface area (Å²) in [6.45, 7) is 10.6. The third-order valence-electron chi connectivity index (χ3n) is 3.98. The summed E-state index contributed by atoms with van der Waals surface area (Å²) in [7, 11) is 0. The fraction of sp³-hybridized carbons (Fsp3) is 0.533. The van der Waals surface area contributed by atoms with Crippen molar-refractivity contribution >= 4 is 5.78 Å². The summed E-state index contributed by atoms with van der Waals surface area (Å²) in [5.74, 6) is 0.276. The lowest BCUT2D eigenvalue weighted by Crippen LogP contribution is -2.28. The summed E-state index contributed by atoms with van der Waals surface area (Å²) in [5.41, 5.74) is 3.25. The Bertz CT molecular complexity index is 428. The van der Waals surface area contributed by atoms with Crippen molar-refractivity contribution in [3.8, 4) is 0 Å². The van der Waals surface area contributed by atoms with Gasteiger partial charge in [0.15, 0.2) is 5.78 Å². The van der Waals surface area contributed by atoms with Crippen LogP contribution in [0, 0.1) is 5.41 Å². The summed E-state index contributed by atoms with van der Waals surface area (Å²) < 4.78 is 5.86. The first kappa shape index (κ1) is 12.3. The second kappa shape index (κ2) is 4.26. The van der Waals surface area contributed by atoms with Crippen molar-refractivity contribution in [3.63, 3.8) is 0 Å². The van der Waals surface area contributed by atoms with E-state index in [0.29, 0.717) is 6.42 Å². The van der Waals surface area contributed by atoms with E-state index in [4.69, 9.17) is 4.74 Å². The zero-order chi connectivity index (χ0) is 12.6. The van der Waals surface area contributed by atoms with Crippen LogP contribution in [0.15, 0.2) is 35.5 Å². The van der Waals surface area contributed by atoms with E-state index in [9.17, 15) is 4.79 Å². The second-order valence-corrected chi connectivity index (χ2v) is 5.37. The molecule has 0 N–H and O–H groups in total. The highest BCUT2D eigenvalue weighted by atomic mass is 16.5. The highest BCUT2D eigenvalue weighted by Crippen LogP contribution is 2.47. The fourth-order valence-corrected chi connectivity index (χ4v) is 2.82. The minimum atomic E-state index is -0.0396. The van der Waals surface area contributed by atoms with E-state index < -0.39 is 0 Å². The Morgan fingerprint density at radius 3 is 2.94 bits per heavy atom. The van der Waals surface area contributed by atoms with Crippen molar-refractivity contribution in [1.82, 2.24) is 0 Å². The van der Waals surface area contributed by atoms with Crippen LogP contribution in [0.25, 0.3) is 0 Å². The van der Waals surface area contributed by atoms with E-state index >= 15 is 0 Å². The van der Waals surface area contributed by atoms with Crippen LogP contribution in [0.4, 0.5) is 0 Å². The van der Waals surface area contributed by atoms with Gasteiger partial charge >= 0.3 is 0 Å². The van der Waals surface area contributed by atoms with Gasteiger partial charge in [0.1, 0.15) is 0 Å². The summed E-state index contributed by atoms with van der Waals surface area (Å²) in [6.07, 6.45) is 5.42. The number of carbonyl (C=O) groups excluding carboxylic acids is 1. The van der Waals surface area contributed by atoms with Crippen molar-refractivity contribution < 1.29 is 9.53 Å². The Hall–Kier alpha value is -1.15. The lowest BCUT2D eigenvalue weighted by molar-refractivity contribution is -0.116. The number of Topliss-reactive ketones (excluding diaryl/α,β-unsaturated/α-hetero) is 1. The molecule has 2 heteroatoms. The summed E-state index contributed by atoms with van der Waals surface area (Å²) >= 11 is 0. The molecule has 1 aliphatic heterocycles. The van der Waals surface area contributed by atoms with Gasteiger partial charge in [0, 0.05) is 11.8 Å². The zero-order valence-electron chi connectivity index (χ0n) is 10.9. The fourth-order valence-electron chi connectivity index (χ4n) is 2.82. The minimum absolute atomic E-state index is 0.0396. The van der Waals surface area contributed by atoms with E-state index in [0.717, 1.165) is 24.2 Å². The number of allylic oxidation sites excluding steroid dienone is 3. The minimum Gasteiger partial charge on any atom is -0.369 e. The van der Waals surface area contributed by atoms with Gasteiger partial charge in [0.25, 0.3) is 0 Å². The number of rotatable bonds is 2. The lowest BCUT2D eigenvalue weighted by Gasteiger charge is -2.30. The normalized spacial score (nSPS) is 33.9. The molecule has 92 valence electrons. The molecule has 2 aliphatic rings. The highest BCUT2D eigenvalue weighted by molar-refractivity contribution is 5.97. The second-order valence-electron chi connectivity index (χ2n) is 5.37. The molecule has 1 heterocycles. The lowest BCUT2D eigenvalue weighted by atomic mass is 9.71. The van der Waals surface area contributed by atoms with Gasteiger partial charge in [-0.2, -0.15) is 0 Å². The van der Waals surface area contributed by atoms with Crippen molar-refractivity contribution in [2.24, 2.45) is 5.41 Å². The van der Waals surface area contributed by atoms with Crippen LogP contribution < -0.4 is 0 Å². The molecule has 2 unspecified atom stereocenters. The number of carbonyl (C=O) groups is 1. The first-order valence-corrected chi connectivity index (χ1v) is 6.15. The van der Waals surface area contributed by atoms with Crippen LogP contribution in [0.5, 0.6) is 0 Å². The van der Waals surface area contributed by atoms with Gasteiger partial charge < -0.3 is 4.74 Å². The molecule has 0 amide bonds. The van der Waals surface area contributed by atoms with E-state index in [1.807, 2.05) is 19.9 Å². The molecular weight excluding hydrogens is 212 g/mol. The maximum atomic E-state index is 11.8. The van der Waals surface area contributed by atoms with Gasteiger partial charge in [0.05, 0.1) is 12.7 Å². The van der Waals surface area contributed by atoms with Crippen molar-refractivity contribution in [2.45, 2.75) is 39.7 Å². The Morgan fingerprint density at radius 2 is 2.29 bits per heavy atom. The van der Waals surface area contributed by atoms with Crippen molar-refractivity contribution in [3.05, 3.63) is 35.5 Å². The van der Waals surface area contributed by atoms with E-state index in [1.54, 1.807) is 0 Å². The average Bonchev–Trinajstić information content (AvgIpc) is 2.63. The predicted octanol–water partition coefficient (Wildman–Crippen LogP) is 3.20. The van der Waals surface area contributed by atoms with E-state index in [1.165, 1.54) is 5.57 Å². The molecule has 0 spiro atoms. The monoisotopic (exact) mass is 232 g/mol. The SMILES string of the molecule is C=C/C(C)=C/C1OCC2(C)CCC(=O)C(C)=C12. The largest absolute Gasteiger partial charge is 0.369 e. The highest BCUT2D eigenvalue weighted by Gasteiger charge is 2.45. The Kier molecular flexibility index (Phi) is 3.09. The molecule has 2 atom stereocenters. The molecule has 17 heavy (non-hydrogen) atoms. The maximum Gasteiger partial charge on any atom is 0.158 e. The third-order valence-corrected chi connectivity index (χ3v) is 3.98.